The van der Waals surface area contributed by atoms with Crippen molar-refractivity contribution in [3.05, 3.63) is 0 Å². The maximum Gasteiger partial charge on any atom is 0.0266 e. The monoisotopic (exact) mass is 162 g/mol. The summed E-state index contributed by atoms with van der Waals surface area (Å²) in [5.41, 5.74) is 0. The molecule has 1 aliphatic heterocycles. The van der Waals surface area contributed by atoms with Crippen molar-refractivity contribution in [1.82, 2.24) is 0 Å². The van der Waals surface area contributed by atoms with Gasteiger partial charge in [0.25, 0.3) is 0 Å². The van der Waals surface area contributed by atoms with Gasteiger partial charge in [-0.25, -0.2) is 0 Å². The molecule has 9 heavy (non-hydrogen) atoms. The zero-order valence-corrected chi connectivity index (χ0v) is 7.78. The topological polar surface area (TPSA) is 0 Å². The van der Waals surface area contributed by atoms with Crippen molar-refractivity contribution in [2.45, 2.75) is 37.9 Å². The molecule has 0 bridgehead atoms. The molecule has 2 heteroatoms. The molecule has 1 heterocycles. The van der Waals surface area contributed by atoms with Gasteiger partial charge in [0.05, 0.1) is 0 Å². The summed E-state index contributed by atoms with van der Waals surface area (Å²) in [6.07, 6.45) is 4.12. The average Bonchev–Trinajstić information content (AvgIpc) is 2.36. The predicted molar refractivity (Wildman–Crippen MR) is 48.0 cm³/mol. The van der Waals surface area contributed by atoms with Gasteiger partial charge in [-0.05, 0) is 19.3 Å². The van der Waals surface area contributed by atoms with Crippen molar-refractivity contribution in [2.24, 2.45) is 0 Å². The molecule has 1 fully saturated rings. The fourth-order valence-electron chi connectivity index (χ4n) is 1.16. The van der Waals surface area contributed by atoms with Crippen molar-refractivity contribution in [3.63, 3.8) is 0 Å². The Hall–Kier alpha value is 0.700. The third kappa shape index (κ3) is 1.58. The molecule has 0 aromatic heterocycles. The fraction of sp³-hybridized carbons (Fsp3) is 1.00. The molecular weight excluding hydrogens is 148 g/mol. The molecule has 0 radical (unpaired) electrons. The molecule has 1 saturated heterocycles. The summed E-state index contributed by atoms with van der Waals surface area (Å²) >= 11 is 0. The van der Waals surface area contributed by atoms with Crippen LogP contribution in [0.25, 0.3) is 0 Å². The first-order chi connectivity index (χ1) is 4.33. The SMILES string of the molecule is CCC1(CC)CCSS1. The standard InChI is InChI=1S/C7H14S2/c1-3-7(4-2)5-6-8-9-7/h3-6H2,1-2H3. The average molecular weight is 162 g/mol. The Labute approximate surface area is 65.6 Å². The molecule has 0 nitrogen and oxygen atoms in total. The Bertz CT molecular complexity index is 78.9. The van der Waals surface area contributed by atoms with E-state index in [2.05, 4.69) is 24.6 Å². The van der Waals surface area contributed by atoms with Crippen LogP contribution in [0, 0.1) is 0 Å². The highest BCUT2D eigenvalue weighted by atomic mass is 33.1. The Morgan fingerprint density at radius 1 is 1.33 bits per heavy atom. The second kappa shape index (κ2) is 3.20. The number of rotatable bonds is 2. The van der Waals surface area contributed by atoms with Gasteiger partial charge in [-0.15, -0.1) is 0 Å². The lowest BCUT2D eigenvalue weighted by Gasteiger charge is -2.22. The summed E-state index contributed by atoms with van der Waals surface area (Å²) in [5, 5.41) is 0. The van der Waals surface area contributed by atoms with Crippen LogP contribution >= 0.6 is 21.6 Å². The first kappa shape index (κ1) is 7.80. The van der Waals surface area contributed by atoms with Gasteiger partial charge in [0.15, 0.2) is 0 Å². The van der Waals surface area contributed by atoms with E-state index in [9.17, 15) is 0 Å². The first-order valence-electron chi connectivity index (χ1n) is 3.63. The third-order valence-corrected chi connectivity index (χ3v) is 5.70. The summed E-state index contributed by atoms with van der Waals surface area (Å²) in [6, 6.07) is 0. The molecule has 0 amide bonds. The second-order valence-corrected chi connectivity index (χ2v) is 5.43. The summed E-state index contributed by atoms with van der Waals surface area (Å²) < 4.78 is 0.657. The lowest BCUT2D eigenvalue weighted by Crippen LogP contribution is -2.17. The van der Waals surface area contributed by atoms with Crippen molar-refractivity contribution in [1.29, 1.82) is 0 Å². The minimum absolute atomic E-state index is 0.657. The van der Waals surface area contributed by atoms with E-state index in [1.54, 1.807) is 0 Å². The first-order valence-corrected chi connectivity index (χ1v) is 5.95. The van der Waals surface area contributed by atoms with Crippen molar-refractivity contribution in [2.75, 3.05) is 5.75 Å². The minimum Gasteiger partial charge on any atom is -0.0935 e. The van der Waals surface area contributed by atoms with E-state index in [4.69, 9.17) is 0 Å². The summed E-state index contributed by atoms with van der Waals surface area (Å²) in [7, 11) is 4.15. The highest BCUT2D eigenvalue weighted by Crippen LogP contribution is 2.50. The number of hydrogen-bond acceptors (Lipinski definition) is 2. The maximum atomic E-state index is 2.31. The van der Waals surface area contributed by atoms with Gasteiger partial charge in [-0.2, -0.15) is 0 Å². The predicted octanol–water partition coefficient (Wildman–Crippen LogP) is 3.33. The van der Waals surface area contributed by atoms with E-state index in [1.807, 2.05) is 10.8 Å². The summed E-state index contributed by atoms with van der Waals surface area (Å²) in [4.78, 5) is 0. The lowest BCUT2D eigenvalue weighted by molar-refractivity contribution is 0.544. The molecule has 0 spiro atoms. The summed E-state index contributed by atoms with van der Waals surface area (Å²) in [5.74, 6) is 1.37. The van der Waals surface area contributed by atoms with Gasteiger partial charge in [-0.1, -0.05) is 35.4 Å². The molecule has 0 saturated carbocycles. The van der Waals surface area contributed by atoms with E-state index in [1.165, 1.54) is 25.0 Å². The van der Waals surface area contributed by atoms with Gasteiger partial charge in [0.1, 0.15) is 0 Å². The van der Waals surface area contributed by atoms with E-state index in [-0.39, 0.29) is 0 Å². The molecule has 1 rings (SSSR count). The van der Waals surface area contributed by atoms with E-state index < -0.39 is 0 Å². The normalized spacial score (nSPS) is 24.7. The molecule has 1 aliphatic rings. The maximum absolute atomic E-state index is 2.31. The second-order valence-electron chi connectivity index (χ2n) is 2.55. The van der Waals surface area contributed by atoms with Crippen LogP contribution in [0.3, 0.4) is 0 Å². The van der Waals surface area contributed by atoms with Crippen molar-refractivity contribution in [3.8, 4) is 0 Å². The van der Waals surface area contributed by atoms with Crippen molar-refractivity contribution >= 4 is 21.6 Å². The van der Waals surface area contributed by atoms with Gasteiger partial charge >= 0.3 is 0 Å². The number of hydrogen-bond donors (Lipinski definition) is 0. The molecule has 0 atom stereocenters. The Morgan fingerprint density at radius 2 is 2.00 bits per heavy atom. The van der Waals surface area contributed by atoms with Gasteiger partial charge in [0, 0.05) is 10.5 Å². The zero-order valence-electron chi connectivity index (χ0n) is 6.14. The quantitative estimate of drug-likeness (QED) is 0.571. The highest BCUT2D eigenvalue weighted by Gasteiger charge is 2.31. The largest absolute Gasteiger partial charge is 0.0935 e. The van der Waals surface area contributed by atoms with Crippen LogP contribution in [0.4, 0.5) is 0 Å². The molecular formula is C7H14S2. The smallest absolute Gasteiger partial charge is 0.0266 e. The van der Waals surface area contributed by atoms with Crippen LogP contribution in [0.15, 0.2) is 0 Å². The molecule has 0 aromatic rings. The Morgan fingerprint density at radius 3 is 2.22 bits per heavy atom. The van der Waals surface area contributed by atoms with E-state index in [0.717, 1.165) is 0 Å². The van der Waals surface area contributed by atoms with Crippen molar-refractivity contribution < 1.29 is 0 Å². The van der Waals surface area contributed by atoms with Crippen LogP contribution in [0.2, 0.25) is 0 Å². The van der Waals surface area contributed by atoms with Crippen LogP contribution in [-0.2, 0) is 0 Å². The third-order valence-electron chi connectivity index (χ3n) is 2.17. The van der Waals surface area contributed by atoms with E-state index in [0.29, 0.717) is 4.75 Å². The van der Waals surface area contributed by atoms with Crippen LogP contribution in [0.5, 0.6) is 0 Å². The molecule has 0 aliphatic carbocycles. The van der Waals surface area contributed by atoms with Crippen LogP contribution in [-0.4, -0.2) is 10.5 Å². The van der Waals surface area contributed by atoms with Gasteiger partial charge < -0.3 is 0 Å². The van der Waals surface area contributed by atoms with Crippen LogP contribution in [0.1, 0.15) is 33.1 Å². The Kier molecular flexibility index (Phi) is 2.77. The summed E-state index contributed by atoms with van der Waals surface area (Å²) in [6.45, 7) is 4.62. The molecule has 0 N–H and O–H groups in total. The lowest BCUT2D eigenvalue weighted by atomic mass is 9.99. The van der Waals surface area contributed by atoms with Crippen LogP contribution < -0.4 is 0 Å². The van der Waals surface area contributed by atoms with E-state index >= 15 is 0 Å². The van der Waals surface area contributed by atoms with Gasteiger partial charge in [0.2, 0.25) is 0 Å². The zero-order chi connectivity index (χ0) is 6.74. The van der Waals surface area contributed by atoms with Gasteiger partial charge in [-0.3, -0.25) is 0 Å². The molecule has 54 valence electrons. The highest BCUT2D eigenvalue weighted by molar-refractivity contribution is 8.77. The minimum atomic E-state index is 0.657. The fourth-order valence-corrected chi connectivity index (χ4v) is 4.72. The molecule has 0 unspecified atom stereocenters. The molecule has 0 aromatic carbocycles. The Balaban J connectivity index is 2.45.